The van der Waals surface area contributed by atoms with Crippen LogP contribution < -0.4 is 5.32 Å². The summed E-state index contributed by atoms with van der Waals surface area (Å²) in [6, 6.07) is 3.17. The molecule has 0 aromatic rings. The quantitative estimate of drug-likeness (QED) is 0.835. The smallest absolute Gasteiger partial charge is 0.108 e. The first-order valence-corrected chi connectivity index (χ1v) is 7.59. The summed E-state index contributed by atoms with van der Waals surface area (Å²) in [4.78, 5) is 2.65. The SMILES string of the molecule is CCNC1(C#N)CCC(N2CCCC(C)CC2)C1. The third-order valence-corrected chi connectivity index (χ3v) is 4.79. The Bertz CT molecular complexity index is 309. The van der Waals surface area contributed by atoms with Crippen molar-refractivity contribution in [2.75, 3.05) is 19.6 Å². The monoisotopic (exact) mass is 249 g/mol. The molecule has 1 N–H and O–H groups in total. The van der Waals surface area contributed by atoms with Crippen LogP contribution in [0.5, 0.6) is 0 Å². The van der Waals surface area contributed by atoms with Crippen molar-refractivity contribution >= 4 is 0 Å². The molecule has 102 valence electrons. The van der Waals surface area contributed by atoms with E-state index in [9.17, 15) is 5.26 Å². The third-order valence-electron chi connectivity index (χ3n) is 4.79. The van der Waals surface area contributed by atoms with Gasteiger partial charge in [-0.3, -0.25) is 5.32 Å². The van der Waals surface area contributed by atoms with Gasteiger partial charge in [-0.05, 0) is 64.1 Å². The summed E-state index contributed by atoms with van der Waals surface area (Å²) in [5.41, 5.74) is -0.239. The highest BCUT2D eigenvalue weighted by Crippen LogP contribution is 2.34. The molecule has 2 fully saturated rings. The highest BCUT2D eigenvalue weighted by Gasteiger charge is 2.41. The van der Waals surface area contributed by atoms with Gasteiger partial charge in [-0.15, -0.1) is 0 Å². The Hall–Kier alpha value is -0.590. The van der Waals surface area contributed by atoms with Gasteiger partial charge in [0.1, 0.15) is 5.54 Å². The van der Waals surface area contributed by atoms with E-state index < -0.39 is 0 Å². The van der Waals surface area contributed by atoms with Gasteiger partial charge in [0, 0.05) is 6.04 Å². The molecule has 1 aliphatic heterocycles. The first-order chi connectivity index (χ1) is 8.69. The molecule has 1 saturated heterocycles. The van der Waals surface area contributed by atoms with Crippen molar-refractivity contribution < 1.29 is 0 Å². The van der Waals surface area contributed by atoms with Crippen LogP contribution in [0.1, 0.15) is 52.4 Å². The van der Waals surface area contributed by atoms with Crippen molar-refractivity contribution in [3.63, 3.8) is 0 Å². The predicted octanol–water partition coefficient (Wildman–Crippen LogP) is 2.53. The van der Waals surface area contributed by atoms with Gasteiger partial charge in [-0.2, -0.15) is 5.26 Å². The Kier molecular flexibility index (Phi) is 4.64. The zero-order valence-corrected chi connectivity index (χ0v) is 11.9. The summed E-state index contributed by atoms with van der Waals surface area (Å²) in [7, 11) is 0. The number of hydrogen-bond acceptors (Lipinski definition) is 3. The summed E-state index contributed by atoms with van der Waals surface area (Å²) in [6.07, 6.45) is 7.27. The van der Waals surface area contributed by atoms with E-state index in [1.165, 1.54) is 38.8 Å². The lowest BCUT2D eigenvalue weighted by atomic mass is 9.99. The molecule has 0 bridgehead atoms. The largest absolute Gasteiger partial charge is 0.300 e. The van der Waals surface area contributed by atoms with E-state index in [4.69, 9.17) is 0 Å². The maximum Gasteiger partial charge on any atom is 0.108 e. The first kappa shape index (κ1) is 13.8. The fourth-order valence-corrected chi connectivity index (χ4v) is 3.62. The number of nitriles is 1. The van der Waals surface area contributed by atoms with E-state index in [0.29, 0.717) is 6.04 Å². The lowest BCUT2D eigenvalue weighted by Gasteiger charge is -2.29. The molecule has 18 heavy (non-hydrogen) atoms. The summed E-state index contributed by atoms with van der Waals surface area (Å²) in [6.45, 7) is 7.84. The Labute approximate surface area is 112 Å². The molecule has 1 heterocycles. The Morgan fingerprint density at radius 2 is 2.17 bits per heavy atom. The van der Waals surface area contributed by atoms with Crippen molar-refractivity contribution in [3.8, 4) is 6.07 Å². The summed E-state index contributed by atoms with van der Waals surface area (Å²) >= 11 is 0. The maximum atomic E-state index is 9.43. The molecule has 2 aliphatic rings. The van der Waals surface area contributed by atoms with E-state index in [1.807, 2.05) is 0 Å². The number of likely N-dealkylation sites (tertiary alicyclic amines) is 1. The highest BCUT2D eigenvalue weighted by atomic mass is 15.2. The van der Waals surface area contributed by atoms with E-state index in [1.54, 1.807) is 0 Å². The molecule has 3 heteroatoms. The van der Waals surface area contributed by atoms with Gasteiger partial charge < -0.3 is 4.90 Å². The molecule has 2 rings (SSSR count). The van der Waals surface area contributed by atoms with Gasteiger partial charge >= 0.3 is 0 Å². The number of nitrogens with one attached hydrogen (secondary N) is 1. The molecular weight excluding hydrogens is 222 g/mol. The zero-order chi connectivity index (χ0) is 13.0. The molecule has 0 radical (unpaired) electrons. The second kappa shape index (κ2) is 6.04. The van der Waals surface area contributed by atoms with Crippen molar-refractivity contribution in [1.82, 2.24) is 10.2 Å². The van der Waals surface area contributed by atoms with E-state index >= 15 is 0 Å². The van der Waals surface area contributed by atoms with Crippen LogP contribution in [0.15, 0.2) is 0 Å². The highest BCUT2D eigenvalue weighted by molar-refractivity contribution is 5.13. The Morgan fingerprint density at radius 1 is 1.33 bits per heavy atom. The van der Waals surface area contributed by atoms with Crippen molar-refractivity contribution in [2.45, 2.75) is 64.0 Å². The van der Waals surface area contributed by atoms with Crippen LogP contribution in [0.4, 0.5) is 0 Å². The Morgan fingerprint density at radius 3 is 2.89 bits per heavy atom. The Balaban J connectivity index is 1.93. The molecule has 0 amide bonds. The summed E-state index contributed by atoms with van der Waals surface area (Å²) in [5, 5.41) is 12.8. The first-order valence-electron chi connectivity index (χ1n) is 7.59. The van der Waals surface area contributed by atoms with Crippen LogP contribution in [-0.4, -0.2) is 36.1 Å². The van der Waals surface area contributed by atoms with Crippen molar-refractivity contribution in [3.05, 3.63) is 0 Å². The molecule has 3 nitrogen and oxygen atoms in total. The van der Waals surface area contributed by atoms with E-state index in [0.717, 1.165) is 25.3 Å². The van der Waals surface area contributed by atoms with Crippen LogP contribution in [0.3, 0.4) is 0 Å². The number of rotatable bonds is 3. The average molecular weight is 249 g/mol. The lowest BCUT2D eigenvalue weighted by molar-refractivity contribution is 0.197. The third kappa shape index (κ3) is 3.05. The van der Waals surface area contributed by atoms with E-state index in [2.05, 4.69) is 30.1 Å². The van der Waals surface area contributed by atoms with Crippen molar-refractivity contribution in [2.24, 2.45) is 5.92 Å². The van der Waals surface area contributed by atoms with Crippen LogP contribution in [0, 0.1) is 17.2 Å². The lowest BCUT2D eigenvalue weighted by Crippen LogP contribution is -2.44. The van der Waals surface area contributed by atoms with Gasteiger partial charge in [-0.25, -0.2) is 0 Å². The number of nitrogens with zero attached hydrogens (tertiary/aromatic N) is 2. The average Bonchev–Trinajstić information content (AvgIpc) is 2.67. The maximum absolute atomic E-state index is 9.43. The minimum atomic E-state index is -0.239. The van der Waals surface area contributed by atoms with Crippen LogP contribution in [0.25, 0.3) is 0 Å². The second-order valence-electron chi connectivity index (χ2n) is 6.19. The molecular formula is C15H27N3. The standard InChI is InChI=1S/C15H27N3/c1-3-17-15(12-16)8-6-14(11-15)18-9-4-5-13(2)7-10-18/h13-14,17H,3-11H2,1-2H3. The molecule has 0 spiro atoms. The molecule has 3 atom stereocenters. The fourth-order valence-electron chi connectivity index (χ4n) is 3.62. The summed E-state index contributed by atoms with van der Waals surface area (Å²) < 4.78 is 0. The van der Waals surface area contributed by atoms with E-state index in [-0.39, 0.29) is 5.54 Å². The molecule has 1 aliphatic carbocycles. The normalized spacial score (nSPS) is 38.3. The second-order valence-corrected chi connectivity index (χ2v) is 6.19. The minimum Gasteiger partial charge on any atom is -0.300 e. The summed E-state index contributed by atoms with van der Waals surface area (Å²) in [5.74, 6) is 0.880. The van der Waals surface area contributed by atoms with Gasteiger partial charge in [0.05, 0.1) is 6.07 Å². The molecule has 1 saturated carbocycles. The van der Waals surface area contributed by atoms with Gasteiger partial charge in [0.2, 0.25) is 0 Å². The molecule has 0 aromatic heterocycles. The zero-order valence-electron chi connectivity index (χ0n) is 11.9. The van der Waals surface area contributed by atoms with Crippen molar-refractivity contribution in [1.29, 1.82) is 5.26 Å². The van der Waals surface area contributed by atoms with Crippen LogP contribution in [-0.2, 0) is 0 Å². The topological polar surface area (TPSA) is 39.1 Å². The van der Waals surface area contributed by atoms with Gasteiger partial charge in [0.25, 0.3) is 0 Å². The molecule has 0 aromatic carbocycles. The number of hydrogen-bond donors (Lipinski definition) is 1. The van der Waals surface area contributed by atoms with Gasteiger partial charge in [0.15, 0.2) is 0 Å². The fraction of sp³-hybridized carbons (Fsp3) is 0.933. The minimum absolute atomic E-state index is 0.239. The molecule has 3 unspecified atom stereocenters. The van der Waals surface area contributed by atoms with Crippen LogP contribution >= 0.6 is 0 Å². The predicted molar refractivity (Wildman–Crippen MR) is 74.2 cm³/mol. The van der Waals surface area contributed by atoms with Gasteiger partial charge in [-0.1, -0.05) is 13.8 Å². The van der Waals surface area contributed by atoms with Crippen LogP contribution in [0.2, 0.25) is 0 Å².